The Kier molecular flexibility index (Phi) is 7.74. The Hall–Kier alpha value is -4.37. The normalized spacial score (nSPS) is 14.4. The summed E-state index contributed by atoms with van der Waals surface area (Å²) in [6, 6.07) is 17.9. The standard InChI is InChI=1S/C28H35N7O2/c1-17(29)24(13-26(30)31)34-23-8-5-7-22(28(23)37-3)18-10-11-21(25(12-18)36-2)19-14-35(15-19)16-20-6-4-9-27(32)33-20/h4-13,19,34H,14-16,29-31H2,1-3H3,(H2,32,33)/b24-17+. The van der Waals surface area contributed by atoms with Gasteiger partial charge in [0.2, 0.25) is 0 Å². The van der Waals surface area contributed by atoms with Gasteiger partial charge in [-0.25, -0.2) is 4.98 Å². The van der Waals surface area contributed by atoms with E-state index in [1.165, 1.54) is 5.56 Å². The molecule has 3 aromatic rings. The van der Waals surface area contributed by atoms with Crippen LogP contribution in [0.4, 0.5) is 11.5 Å². The number of hydrogen-bond acceptors (Lipinski definition) is 9. The van der Waals surface area contributed by atoms with E-state index in [1.54, 1.807) is 33.3 Å². The van der Waals surface area contributed by atoms with Crippen LogP contribution < -0.4 is 37.7 Å². The molecule has 4 rings (SSSR count). The maximum atomic E-state index is 6.03. The van der Waals surface area contributed by atoms with E-state index in [1.807, 2.05) is 30.3 Å². The molecule has 0 unspecified atom stereocenters. The lowest BCUT2D eigenvalue weighted by atomic mass is 9.89. The number of allylic oxidation sites excluding steroid dienone is 2. The molecule has 1 saturated heterocycles. The number of hydrogen-bond donors (Lipinski definition) is 5. The quantitative estimate of drug-likeness (QED) is 0.278. The van der Waals surface area contributed by atoms with Gasteiger partial charge < -0.3 is 37.7 Å². The number of aromatic nitrogens is 1. The minimum absolute atomic E-state index is 0.154. The maximum absolute atomic E-state index is 6.03. The first-order chi connectivity index (χ1) is 17.8. The summed E-state index contributed by atoms with van der Waals surface area (Å²) in [5.41, 5.74) is 29.1. The summed E-state index contributed by atoms with van der Waals surface area (Å²) < 4.78 is 11.6. The number of nitrogens with one attached hydrogen (secondary N) is 1. The monoisotopic (exact) mass is 501 g/mol. The van der Waals surface area contributed by atoms with E-state index in [-0.39, 0.29) is 5.82 Å². The number of nitrogens with two attached hydrogens (primary N) is 4. The summed E-state index contributed by atoms with van der Waals surface area (Å²) in [5.74, 6) is 2.61. The number of methoxy groups -OCH3 is 2. The van der Waals surface area contributed by atoms with Gasteiger partial charge in [0, 0.05) is 42.9 Å². The van der Waals surface area contributed by atoms with E-state index in [0.29, 0.717) is 28.9 Å². The minimum Gasteiger partial charge on any atom is -0.496 e. The summed E-state index contributed by atoms with van der Waals surface area (Å²) in [5, 5.41) is 3.29. The van der Waals surface area contributed by atoms with Crippen LogP contribution in [0.2, 0.25) is 0 Å². The SMILES string of the molecule is COc1cc(-c2cccc(N/C(C=C(N)N)=C(\C)N)c2OC)ccc1C1CN(Cc2cccc(N)n2)C1. The molecule has 1 fully saturated rings. The summed E-state index contributed by atoms with van der Waals surface area (Å²) >= 11 is 0. The van der Waals surface area contributed by atoms with E-state index < -0.39 is 0 Å². The predicted octanol–water partition coefficient (Wildman–Crippen LogP) is 3.31. The van der Waals surface area contributed by atoms with Crippen molar-refractivity contribution in [3.05, 3.63) is 89.1 Å². The second kappa shape index (κ2) is 11.1. The summed E-state index contributed by atoms with van der Waals surface area (Å²) in [4.78, 5) is 6.76. The fourth-order valence-electron chi connectivity index (χ4n) is 4.57. The summed E-state index contributed by atoms with van der Waals surface area (Å²) in [7, 11) is 3.34. The van der Waals surface area contributed by atoms with Crippen molar-refractivity contribution >= 4 is 11.5 Å². The molecule has 37 heavy (non-hydrogen) atoms. The van der Waals surface area contributed by atoms with Crippen molar-refractivity contribution < 1.29 is 9.47 Å². The smallest absolute Gasteiger partial charge is 0.150 e. The van der Waals surface area contributed by atoms with Crippen molar-refractivity contribution in [3.63, 3.8) is 0 Å². The van der Waals surface area contributed by atoms with Gasteiger partial charge >= 0.3 is 0 Å². The van der Waals surface area contributed by atoms with Crippen molar-refractivity contribution in [2.45, 2.75) is 19.4 Å². The molecule has 0 bridgehead atoms. The van der Waals surface area contributed by atoms with Gasteiger partial charge in [-0.3, -0.25) is 4.90 Å². The van der Waals surface area contributed by atoms with Gasteiger partial charge in [0.25, 0.3) is 0 Å². The van der Waals surface area contributed by atoms with Gasteiger partial charge in [-0.05, 0) is 42.3 Å². The van der Waals surface area contributed by atoms with E-state index >= 15 is 0 Å². The predicted molar refractivity (Wildman–Crippen MR) is 149 cm³/mol. The highest BCUT2D eigenvalue weighted by atomic mass is 16.5. The first-order valence-corrected chi connectivity index (χ1v) is 12.0. The zero-order chi connectivity index (χ0) is 26.5. The Morgan fingerprint density at radius 3 is 2.46 bits per heavy atom. The molecule has 2 aromatic carbocycles. The van der Waals surface area contributed by atoms with Crippen LogP contribution >= 0.6 is 0 Å². The second-order valence-corrected chi connectivity index (χ2v) is 9.15. The fraction of sp³-hybridized carbons (Fsp3) is 0.250. The van der Waals surface area contributed by atoms with Crippen LogP contribution in [0.1, 0.15) is 24.1 Å². The molecule has 0 aliphatic carbocycles. The lowest BCUT2D eigenvalue weighted by molar-refractivity contribution is 0.136. The number of anilines is 2. The Bertz CT molecular complexity index is 1320. The number of rotatable bonds is 9. The largest absolute Gasteiger partial charge is 0.496 e. The van der Waals surface area contributed by atoms with Crippen LogP contribution in [0.3, 0.4) is 0 Å². The fourth-order valence-corrected chi connectivity index (χ4v) is 4.57. The molecule has 0 radical (unpaired) electrons. The zero-order valence-electron chi connectivity index (χ0n) is 21.5. The topological polar surface area (TPSA) is 151 Å². The van der Waals surface area contributed by atoms with Crippen molar-refractivity contribution in [3.8, 4) is 22.6 Å². The third-order valence-electron chi connectivity index (χ3n) is 6.38. The van der Waals surface area contributed by atoms with Gasteiger partial charge in [-0.1, -0.05) is 30.3 Å². The lowest BCUT2D eigenvalue weighted by Crippen LogP contribution is -2.44. The molecular weight excluding hydrogens is 466 g/mol. The molecule has 9 heteroatoms. The Morgan fingerprint density at radius 2 is 1.81 bits per heavy atom. The Labute approximate surface area is 217 Å². The molecule has 1 aliphatic rings. The number of ether oxygens (including phenoxy) is 2. The Morgan fingerprint density at radius 1 is 1.05 bits per heavy atom. The average molecular weight is 502 g/mol. The molecule has 1 aliphatic heterocycles. The lowest BCUT2D eigenvalue weighted by Gasteiger charge is -2.40. The highest BCUT2D eigenvalue weighted by Crippen LogP contribution is 2.41. The van der Waals surface area contributed by atoms with Gasteiger partial charge in [-0.2, -0.15) is 0 Å². The first-order valence-electron chi connectivity index (χ1n) is 12.0. The minimum atomic E-state index is 0.154. The molecule has 1 aromatic heterocycles. The van der Waals surface area contributed by atoms with Crippen molar-refractivity contribution in [1.82, 2.24) is 9.88 Å². The summed E-state index contributed by atoms with van der Waals surface area (Å²) in [6.07, 6.45) is 1.59. The van der Waals surface area contributed by atoms with Gasteiger partial charge in [0.1, 0.15) is 17.3 Å². The van der Waals surface area contributed by atoms with Crippen molar-refractivity contribution in [1.29, 1.82) is 0 Å². The number of para-hydroxylation sites is 1. The third-order valence-corrected chi connectivity index (χ3v) is 6.38. The molecule has 0 amide bonds. The molecule has 0 spiro atoms. The number of likely N-dealkylation sites (tertiary alicyclic amines) is 1. The van der Waals surface area contributed by atoms with Crippen LogP contribution in [0.5, 0.6) is 11.5 Å². The molecule has 2 heterocycles. The molecular formula is C28H35N7O2. The number of pyridine rings is 1. The molecule has 9 nitrogen and oxygen atoms in total. The maximum Gasteiger partial charge on any atom is 0.150 e. The van der Waals surface area contributed by atoms with E-state index in [2.05, 4.69) is 33.4 Å². The van der Waals surface area contributed by atoms with E-state index in [4.69, 9.17) is 32.4 Å². The van der Waals surface area contributed by atoms with Crippen molar-refractivity contribution in [2.75, 3.05) is 38.4 Å². The third kappa shape index (κ3) is 5.90. The van der Waals surface area contributed by atoms with Gasteiger partial charge in [0.05, 0.1) is 37.1 Å². The first kappa shape index (κ1) is 25.7. The summed E-state index contributed by atoms with van der Waals surface area (Å²) in [6.45, 7) is 4.41. The van der Waals surface area contributed by atoms with Gasteiger partial charge in [0.15, 0.2) is 0 Å². The Balaban J connectivity index is 1.55. The highest BCUT2D eigenvalue weighted by molar-refractivity contribution is 5.80. The second-order valence-electron chi connectivity index (χ2n) is 9.15. The van der Waals surface area contributed by atoms with E-state index in [0.717, 1.165) is 47.9 Å². The van der Waals surface area contributed by atoms with Crippen LogP contribution in [0.25, 0.3) is 11.1 Å². The van der Waals surface area contributed by atoms with Crippen LogP contribution in [-0.2, 0) is 6.54 Å². The number of nitrogens with zero attached hydrogens (tertiary/aromatic N) is 2. The van der Waals surface area contributed by atoms with Crippen LogP contribution in [0.15, 0.2) is 77.9 Å². The zero-order valence-corrected chi connectivity index (χ0v) is 21.5. The molecule has 194 valence electrons. The number of benzene rings is 2. The van der Waals surface area contributed by atoms with E-state index in [9.17, 15) is 0 Å². The molecule has 9 N–H and O–H groups in total. The van der Waals surface area contributed by atoms with Crippen LogP contribution in [-0.4, -0.2) is 37.2 Å². The average Bonchev–Trinajstić information content (AvgIpc) is 2.85. The number of nitrogen functional groups attached to an aromatic ring is 1. The molecule has 0 saturated carbocycles. The van der Waals surface area contributed by atoms with Crippen molar-refractivity contribution in [2.24, 2.45) is 17.2 Å². The van der Waals surface area contributed by atoms with Crippen LogP contribution in [0, 0.1) is 0 Å². The molecule has 0 atom stereocenters. The highest BCUT2D eigenvalue weighted by Gasteiger charge is 2.30. The van der Waals surface area contributed by atoms with Gasteiger partial charge in [-0.15, -0.1) is 0 Å².